The highest BCUT2D eigenvalue weighted by atomic mass is 16.5. The molecule has 0 bridgehead atoms. The zero-order valence-corrected chi connectivity index (χ0v) is 22.5. The van der Waals surface area contributed by atoms with Gasteiger partial charge < -0.3 is 24.3 Å². The number of hydrogen-bond acceptors (Lipinski definition) is 6. The van der Waals surface area contributed by atoms with Crippen LogP contribution in [0, 0.1) is 0 Å². The molecule has 6 heteroatoms. The Labute approximate surface area is 201 Å². The van der Waals surface area contributed by atoms with Crippen LogP contribution < -0.4 is 0 Å². The van der Waals surface area contributed by atoms with Crippen molar-refractivity contribution in [3.8, 4) is 0 Å². The first kappa shape index (κ1) is 29.8. The fourth-order valence-electron chi connectivity index (χ4n) is 4.46. The first-order valence-electron chi connectivity index (χ1n) is 13.8. The number of ether oxygens (including phenoxy) is 1. The molecule has 0 atom stereocenters. The number of piperazine rings is 1. The molecule has 0 spiro atoms. The Balaban J connectivity index is 0.000000214. The average molecular weight is 456 g/mol. The van der Waals surface area contributed by atoms with E-state index in [0.29, 0.717) is 0 Å². The molecule has 0 aromatic heterocycles. The Hall–Kier alpha value is -0.240. The number of likely N-dealkylation sites (N-methyl/N-ethyl adjacent to an activating group) is 3. The van der Waals surface area contributed by atoms with Crippen LogP contribution in [0.4, 0.5) is 0 Å². The molecule has 192 valence electrons. The van der Waals surface area contributed by atoms with Gasteiger partial charge in [-0.1, -0.05) is 34.1 Å². The summed E-state index contributed by atoms with van der Waals surface area (Å²) in [5, 5.41) is 0. The maximum absolute atomic E-state index is 5.16. The Morgan fingerprint density at radius 3 is 1.12 bits per heavy atom. The van der Waals surface area contributed by atoms with Crippen molar-refractivity contribution >= 4 is 0 Å². The second kappa shape index (κ2) is 20.2. The number of likely N-dealkylation sites (tertiary alicyclic amines) is 2. The third kappa shape index (κ3) is 14.8. The van der Waals surface area contributed by atoms with Crippen molar-refractivity contribution in [1.82, 2.24) is 24.5 Å². The SMILES string of the molecule is CCN1CCCC1.CCN1CCCCC1.CCN1CCN(C)CC1.CCN1CCOCC1. The highest BCUT2D eigenvalue weighted by Crippen LogP contribution is 2.07. The van der Waals surface area contributed by atoms with E-state index >= 15 is 0 Å². The van der Waals surface area contributed by atoms with Crippen LogP contribution >= 0.6 is 0 Å². The number of morpholine rings is 1. The van der Waals surface area contributed by atoms with E-state index in [1.54, 1.807) is 0 Å². The van der Waals surface area contributed by atoms with Crippen molar-refractivity contribution in [2.45, 2.75) is 59.8 Å². The summed E-state index contributed by atoms with van der Waals surface area (Å²) in [6.45, 7) is 28.2. The molecule has 32 heavy (non-hydrogen) atoms. The molecular formula is C26H57N5O. The first-order chi connectivity index (χ1) is 15.6. The number of rotatable bonds is 4. The van der Waals surface area contributed by atoms with E-state index in [1.807, 2.05) is 0 Å². The molecule has 0 aromatic rings. The van der Waals surface area contributed by atoms with Crippen LogP contribution in [0.1, 0.15) is 59.8 Å². The highest BCUT2D eigenvalue weighted by Gasteiger charge is 2.10. The lowest BCUT2D eigenvalue weighted by Crippen LogP contribution is -2.44. The summed E-state index contributed by atoms with van der Waals surface area (Å²) in [4.78, 5) is 12.3. The Morgan fingerprint density at radius 2 is 0.781 bits per heavy atom. The van der Waals surface area contributed by atoms with E-state index in [0.717, 1.165) is 26.3 Å². The summed E-state index contributed by atoms with van der Waals surface area (Å²) in [6, 6.07) is 0. The van der Waals surface area contributed by atoms with E-state index in [1.165, 1.54) is 111 Å². The van der Waals surface area contributed by atoms with Crippen molar-refractivity contribution in [3.05, 3.63) is 0 Å². The van der Waals surface area contributed by atoms with Gasteiger partial charge in [-0.25, -0.2) is 0 Å². The third-order valence-corrected chi connectivity index (χ3v) is 7.14. The molecular weight excluding hydrogens is 398 g/mol. The number of hydrogen-bond donors (Lipinski definition) is 0. The molecule has 0 aliphatic carbocycles. The van der Waals surface area contributed by atoms with Gasteiger partial charge in [-0.3, -0.25) is 4.90 Å². The molecule has 4 aliphatic rings. The van der Waals surface area contributed by atoms with Gasteiger partial charge in [-0.15, -0.1) is 0 Å². The summed E-state index contributed by atoms with van der Waals surface area (Å²) >= 11 is 0. The maximum Gasteiger partial charge on any atom is 0.0594 e. The third-order valence-electron chi connectivity index (χ3n) is 7.14. The van der Waals surface area contributed by atoms with Gasteiger partial charge in [-0.2, -0.15) is 0 Å². The van der Waals surface area contributed by atoms with Crippen molar-refractivity contribution < 1.29 is 4.74 Å². The zero-order chi connectivity index (χ0) is 23.4. The van der Waals surface area contributed by atoms with Crippen molar-refractivity contribution in [1.29, 1.82) is 0 Å². The number of nitrogens with zero attached hydrogens (tertiary/aromatic N) is 5. The smallest absolute Gasteiger partial charge is 0.0594 e. The lowest BCUT2D eigenvalue weighted by Gasteiger charge is -2.31. The zero-order valence-electron chi connectivity index (χ0n) is 22.5. The van der Waals surface area contributed by atoms with E-state index in [4.69, 9.17) is 4.74 Å². The highest BCUT2D eigenvalue weighted by molar-refractivity contribution is 4.67. The second-order valence-electron chi connectivity index (χ2n) is 9.42. The first-order valence-corrected chi connectivity index (χ1v) is 13.8. The minimum atomic E-state index is 0.924. The summed E-state index contributed by atoms with van der Waals surface area (Å²) in [5.74, 6) is 0. The van der Waals surface area contributed by atoms with Gasteiger partial charge >= 0.3 is 0 Å². The largest absolute Gasteiger partial charge is 0.379 e. The maximum atomic E-state index is 5.16. The van der Waals surface area contributed by atoms with E-state index in [2.05, 4.69) is 59.2 Å². The minimum Gasteiger partial charge on any atom is -0.379 e. The van der Waals surface area contributed by atoms with Crippen LogP contribution in [0.5, 0.6) is 0 Å². The standard InChI is InChI=1S/C7H16N2.C7H15N.C6H13NO.C6H13N/c1-3-9-6-4-8(2)5-7-9;1-2-8-6-4-3-5-7-8;1-2-7-3-5-8-6-4-7;1-2-7-5-3-4-6-7/h3-7H2,1-2H3;2-7H2,1H3;2-6H2,1H3;2-6H2,1H3. The monoisotopic (exact) mass is 455 g/mol. The minimum absolute atomic E-state index is 0.924. The van der Waals surface area contributed by atoms with Crippen molar-refractivity contribution in [3.63, 3.8) is 0 Å². The molecule has 0 radical (unpaired) electrons. The normalized spacial score (nSPS) is 23.9. The molecule has 0 amide bonds. The topological polar surface area (TPSA) is 25.4 Å². The van der Waals surface area contributed by atoms with Gasteiger partial charge in [0, 0.05) is 39.3 Å². The lowest BCUT2D eigenvalue weighted by atomic mass is 10.1. The molecule has 0 N–H and O–H groups in total. The molecule has 0 unspecified atom stereocenters. The van der Waals surface area contributed by atoms with Gasteiger partial charge in [0.25, 0.3) is 0 Å². The average Bonchev–Trinajstić information content (AvgIpc) is 3.41. The Bertz CT molecular complexity index is 368. The Morgan fingerprint density at radius 1 is 0.438 bits per heavy atom. The fraction of sp³-hybridized carbons (Fsp3) is 1.00. The van der Waals surface area contributed by atoms with Crippen LogP contribution in [0.2, 0.25) is 0 Å². The molecule has 6 nitrogen and oxygen atoms in total. The summed E-state index contributed by atoms with van der Waals surface area (Å²) < 4.78 is 5.16. The summed E-state index contributed by atoms with van der Waals surface area (Å²) in [7, 11) is 2.19. The Kier molecular flexibility index (Phi) is 18.8. The van der Waals surface area contributed by atoms with Gasteiger partial charge in [-0.05, 0) is 85.1 Å². The molecule has 4 aliphatic heterocycles. The predicted octanol–water partition coefficient (Wildman–Crippen LogP) is 3.19. The quantitative estimate of drug-likeness (QED) is 0.646. The lowest BCUT2D eigenvalue weighted by molar-refractivity contribution is 0.0405. The van der Waals surface area contributed by atoms with Crippen molar-refractivity contribution in [2.75, 3.05) is 112 Å². The van der Waals surface area contributed by atoms with Crippen LogP contribution in [-0.4, -0.2) is 136 Å². The molecule has 0 saturated carbocycles. The molecule has 4 rings (SSSR count). The number of piperidine rings is 1. The van der Waals surface area contributed by atoms with Gasteiger partial charge in [0.05, 0.1) is 13.2 Å². The van der Waals surface area contributed by atoms with Crippen molar-refractivity contribution in [2.24, 2.45) is 0 Å². The molecule has 0 aromatic carbocycles. The van der Waals surface area contributed by atoms with Gasteiger partial charge in [0.1, 0.15) is 0 Å². The summed E-state index contributed by atoms with van der Waals surface area (Å²) in [6.07, 6.45) is 7.15. The molecule has 4 saturated heterocycles. The van der Waals surface area contributed by atoms with Crippen LogP contribution in [0.3, 0.4) is 0 Å². The van der Waals surface area contributed by atoms with Gasteiger partial charge in [0.15, 0.2) is 0 Å². The molecule has 4 heterocycles. The van der Waals surface area contributed by atoms with Crippen LogP contribution in [0.25, 0.3) is 0 Å². The van der Waals surface area contributed by atoms with E-state index in [9.17, 15) is 0 Å². The fourth-order valence-corrected chi connectivity index (χ4v) is 4.46. The second-order valence-corrected chi connectivity index (χ2v) is 9.42. The van der Waals surface area contributed by atoms with Gasteiger partial charge in [0.2, 0.25) is 0 Å². The van der Waals surface area contributed by atoms with E-state index in [-0.39, 0.29) is 0 Å². The van der Waals surface area contributed by atoms with Crippen LogP contribution in [0.15, 0.2) is 0 Å². The van der Waals surface area contributed by atoms with Crippen LogP contribution in [-0.2, 0) is 4.74 Å². The predicted molar refractivity (Wildman–Crippen MR) is 140 cm³/mol. The molecule has 4 fully saturated rings. The van der Waals surface area contributed by atoms with E-state index < -0.39 is 0 Å². The summed E-state index contributed by atoms with van der Waals surface area (Å²) in [5.41, 5.74) is 0.